The van der Waals surface area contributed by atoms with Crippen LogP contribution in [0.5, 0.6) is 0 Å². The van der Waals surface area contributed by atoms with Gasteiger partial charge in [-0.25, -0.2) is 0 Å². The number of likely N-dealkylation sites (N-methyl/N-ethyl adjacent to an activating group) is 3. The minimum Gasteiger partial charge on any atom is -0.391 e. The maximum Gasteiger partial charge on any atom is 0.172 e. The van der Waals surface area contributed by atoms with Gasteiger partial charge in [-0.3, -0.25) is 15.5 Å². The number of aliphatic hydroxyl groups excluding tert-OH is 1. The molecule has 6 heteroatoms. The van der Waals surface area contributed by atoms with Gasteiger partial charge in [-0.2, -0.15) is 0 Å². The molecule has 0 aliphatic rings. The molecule has 0 heterocycles. The van der Waals surface area contributed by atoms with Gasteiger partial charge in [0, 0.05) is 6.04 Å². The molecular formula is C22H34N4O2. The van der Waals surface area contributed by atoms with Crippen LogP contribution < -0.4 is 16.0 Å². The maximum atomic E-state index is 10.2. The average Bonchev–Trinajstić information content (AvgIpc) is 2.76. The molecule has 2 aromatic rings. The molecule has 0 saturated carbocycles. The van der Waals surface area contributed by atoms with Crippen molar-refractivity contribution in [1.29, 1.82) is 0 Å². The SMILES string of the molecule is CNC(C)C(c1ccccc1)N(OCCc1ccccc1)C(CO)(NC)NC. The van der Waals surface area contributed by atoms with Crippen molar-refractivity contribution < 1.29 is 9.94 Å². The Bertz CT molecular complexity index is 656. The molecule has 28 heavy (non-hydrogen) atoms. The van der Waals surface area contributed by atoms with Crippen molar-refractivity contribution in [1.82, 2.24) is 21.0 Å². The summed E-state index contributed by atoms with van der Waals surface area (Å²) in [6, 6.07) is 20.4. The lowest BCUT2D eigenvalue weighted by atomic mass is 9.99. The second-order valence-corrected chi connectivity index (χ2v) is 6.85. The van der Waals surface area contributed by atoms with Gasteiger partial charge < -0.3 is 10.4 Å². The lowest BCUT2D eigenvalue weighted by molar-refractivity contribution is -0.278. The van der Waals surface area contributed by atoms with E-state index < -0.39 is 5.79 Å². The molecule has 4 N–H and O–H groups in total. The zero-order valence-corrected chi connectivity index (χ0v) is 17.4. The molecule has 0 radical (unpaired) electrons. The highest BCUT2D eigenvalue weighted by atomic mass is 16.7. The first kappa shape index (κ1) is 22.5. The van der Waals surface area contributed by atoms with E-state index >= 15 is 0 Å². The van der Waals surface area contributed by atoms with Gasteiger partial charge in [-0.1, -0.05) is 60.7 Å². The van der Waals surface area contributed by atoms with Crippen LogP contribution in [-0.2, 0) is 11.3 Å². The summed E-state index contributed by atoms with van der Waals surface area (Å²) < 4.78 is 0. The van der Waals surface area contributed by atoms with E-state index in [0.717, 1.165) is 12.0 Å². The smallest absolute Gasteiger partial charge is 0.172 e. The quantitative estimate of drug-likeness (QED) is 0.330. The predicted octanol–water partition coefficient (Wildman–Crippen LogP) is 1.90. The highest BCUT2D eigenvalue weighted by Crippen LogP contribution is 2.29. The normalized spacial score (nSPS) is 14.2. The molecule has 2 unspecified atom stereocenters. The number of nitrogens with one attached hydrogen (secondary N) is 3. The van der Waals surface area contributed by atoms with Gasteiger partial charge in [-0.15, -0.1) is 5.06 Å². The Labute approximate surface area is 168 Å². The van der Waals surface area contributed by atoms with Crippen molar-refractivity contribution in [3.8, 4) is 0 Å². The molecule has 154 valence electrons. The molecule has 0 aromatic heterocycles. The molecule has 2 aromatic carbocycles. The molecule has 0 bridgehead atoms. The van der Waals surface area contributed by atoms with E-state index in [1.54, 1.807) is 0 Å². The first-order valence-electron chi connectivity index (χ1n) is 9.79. The standard InChI is InChI=1S/C22H34N4O2/c1-18(23-2)21(20-13-9-6-10-14-20)26(22(17-27,24-3)25-4)28-16-15-19-11-7-5-8-12-19/h5-14,18,21,23-25,27H,15-17H2,1-4H3. The molecular weight excluding hydrogens is 352 g/mol. The first-order chi connectivity index (χ1) is 13.6. The molecule has 6 nitrogen and oxygen atoms in total. The Balaban J connectivity index is 2.33. The van der Waals surface area contributed by atoms with Gasteiger partial charge in [0.2, 0.25) is 0 Å². The van der Waals surface area contributed by atoms with E-state index in [4.69, 9.17) is 4.84 Å². The number of rotatable bonds is 12. The second kappa shape index (κ2) is 11.3. The maximum absolute atomic E-state index is 10.2. The van der Waals surface area contributed by atoms with Crippen molar-refractivity contribution in [2.24, 2.45) is 0 Å². The molecule has 0 aliphatic carbocycles. The number of hydroxylamine groups is 2. The lowest BCUT2D eigenvalue weighted by Crippen LogP contribution is -2.70. The van der Waals surface area contributed by atoms with Gasteiger partial charge in [0.05, 0.1) is 19.3 Å². The van der Waals surface area contributed by atoms with Crippen LogP contribution >= 0.6 is 0 Å². The lowest BCUT2D eigenvalue weighted by Gasteiger charge is -2.47. The number of hydrogen-bond acceptors (Lipinski definition) is 6. The average molecular weight is 387 g/mol. The summed E-state index contributed by atoms with van der Waals surface area (Å²) >= 11 is 0. The largest absolute Gasteiger partial charge is 0.391 e. The van der Waals surface area contributed by atoms with Crippen LogP contribution in [0.25, 0.3) is 0 Å². The minimum absolute atomic E-state index is 0.0757. The Morgan fingerprint density at radius 1 is 0.964 bits per heavy atom. The summed E-state index contributed by atoms with van der Waals surface area (Å²) in [5.41, 5.74) is 2.32. The highest BCUT2D eigenvalue weighted by Gasteiger charge is 2.41. The Morgan fingerprint density at radius 2 is 1.54 bits per heavy atom. The van der Waals surface area contributed by atoms with Crippen LogP contribution in [0.1, 0.15) is 24.1 Å². The van der Waals surface area contributed by atoms with Crippen LogP contribution in [-0.4, -0.2) is 56.4 Å². The number of hydrogen-bond donors (Lipinski definition) is 4. The number of nitrogens with zero attached hydrogens (tertiary/aromatic N) is 1. The van der Waals surface area contributed by atoms with Gasteiger partial charge in [0.15, 0.2) is 5.79 Å². The fraction of sp³-hybridized carbons (Fsp3) is 0.455. The molecule has 2 atom stereocenters. The minimum atomic E-state index is -0.928. The van der Waals surface area contributed by atoms with Crippen LogP contribution in [0.15, 0.2) is 60.7 Å². The number of aliphatic hydroxyl groups is 1. The Kier molecular flexibility index (Phi) is 9.05. The van der Waals surface area contributed by atoms with Crippen molar-refractivity contribution >= 4 is 0 Å². The fourth-order valence-electron chi connectivity index (χ4n) is 3.34. The topological polar surface area (TPSA) is 68.8 Å². The van der Waals surface area contributed by atoms with Crippen LogP contribution in [0.4, 0.5) is 0 Å². The first-order valence-corrected chi connectivity index (χ1v) is 9.79. The van der Waals surface area contributed by atoms with Crippen molar-refractivity contribution in [2.45, 2.75) is 31.2 Å². The highest BCUT2D eigenvalue weighted by molar-refractivity contribution is 5.21. The fourth-order valence-corrected chi connectivity index (χ4v) is 3.34. The summed E-state index contributed by atoms with van der Waals surface area (Å²) in [5.74, 6) is -0.928. The van der Waals surface area contributed by atoms with E-state index in [9.17, 15) is 5.11 Å². The van der Waals surface area contributed by atoms with Gasteiger partial charge in [0.25, 0.3) is 0 Å². The Hall–Kier alpha value is -1.80. The van der Waals surface area contributed by atoms with E-state index in [1.807, 2.05) is 62.6 Å². The van der Waals surface area contributed by atoms with E-state index in [1.165, 1.54) is 5.56 Å². The molecule has 0 spiro atoms. The summed E-state index contributed by atoms with van der Waals surface area (Å²) in [6.45, 7) is 2.44. The van der Waals surface area contributed by atoms with Crippen LogP contribution in [0, 0.1) is 0 Å². The third kappa shape index (κ3) is 5.38. The zero-order chi connectivity index (χ0) is 20.4. The summed E-state index contributed by atoms with van der Waals surface area (Å²) in [6.07, 6.45) is 0.779. The predicted molar refractivity (Wildman–Crippen MR) is 114 cm³/mol. The number of benzene rings is 2. The molecule has 0 amide bonds. The second-order valence-electron chi connectivity index (χ2n) is 6.85. The van der Waals surface area contributed by atoms with E-state index in [-0.39, 0.29) is 18.7 Å². The van der Waals surface area contributed by atoms with Crippen LogP contribution in [0.3, 0.4) is 0 Å². The van der Waals surface area contributed by atoms with Crippen molar-refractivity contribution in [2.75, 3.05) is 34.4 Å². The molecule has 0 fully saturated rings. The molecule has 0 aliphatic heterocycles. The third-order valence-corrected chi connectivity index (χ3v) is 5.22. The summed E-state index contributed by atoms with van der Waals surface area (Å²) in [5, 5.41) is 21.8. The Morgan fingerprint density at radius 3 is 2.04 bits per heavy atom. The van der Waals surface area contributed by atoms with Crippen molar-refractivity contribution in [3.63, 3.8) is 0 Å². The third-order valence-electron chi connectivity index (χ3n) is 5.22. The van der Waals surface area contributed by atoms with E-state index in [0.29, 0.717) is 6.61 Å². The molecule has 0 saturated heterocycles. The van der Waals surface area contributed by atoms with Crippen molar-refractivity contribution in [3.05, 3.63) is 71.8 Å². The monoisotopic (exact) mass is 386 g/mol. The van der Waals surface area contributed by atoms with Gasteiger partial charge in [-0.05, 0) is 45.6 Å². The van der Waals surface area contributed by atoms with Gasteiger partial charge in [0.1, 0.15) is 0 Å². The summed E-state index contributed by atoms with van der Waals surface area (Å²) in [4.78, 5) is 6.33. The van der Waals surface area contributed by atoms with E-state index in [2.05, 4.69) is 47.1 Å². The zero-order valence-electron chi connectivity index (χ0n) is 17.4. The van der Waals surface area contributed by atoms with Gasteiger partial charge >= 0.3 is 0 Å². The summed E-state index contributed by atoms with van der Waals surface area (Å²) in [7, 11) is 5.56. The van der Waals surface area contributed by atoms with Crippen LogP contribution in [0.2, 0.25) is 0 Å². The molecule has 2 rings (SSSR count).